The highest BCUT2D eigenvalue weighted by atomic mass is 35.5. The normalized spacial score (nSPS) is 9.73. The quantitative estimate of drug-likeness (QED) is 0.577. The predicted molar refractivity (Wildman–Crippen MR) is 54.6 cm³/mol. The Hall–Kier alpha value is -1.42. The number of carbonyl (C=O) groups is 2. The minimum absolute atomic E-state index is 0.117. The fraction of sp³-hybridized carbons (Fsp3) is 0.300. The fourth-order valence-corrected chi connectivity index (χ4v) is 1.12. The molecule has 5 heteroatoms. The standard InChI is InChI=1S/C10H10ClNO3/c1-15-10(14)5-9(13)4-8-3-2-7(11)6-12-8/h2-3,6H,4-5H2,1H3. The average Bonchev–Trinajstić information content (AvgIpc) is 2.21. The summed E-state index contributed by atoms with van der Waals surface area (Å²) in [5.41, 5.74) is 0.591. The lowest BCUT2D eigenvalue weighted by Gasteiger charge is -1.99. The predicted octanol–water partition coefficient (Wildman–Crippen LogP) is 1.41. The summed E-state index contributed by atoms with van der Waals surface area (Å²) in [5, 5.41) is 0.513. The molecule has 0 saturated heterocycles. The first-order chi connectivity index (χ1) is 7.11. The van der Waals surface area contributed by atoms with Crippen LogP contribution in [-0.4, -0.2) is 23.8 Å². The molecule has 1 rings (SSSR count). The summed E-state index contributed by atoms with van der Waals surface area (Å²) in [4.78, 5) is 26.0. The first-order valence-corrected chi connectivity index (χ1v) is 4.68. The van der Waals surface area contributed by atoms with E-state index >= 15 is 0 Å². The van der Waals surface area contributed by atoms with E-state index < -0.39 is 5.97 Å². The lowest BCUT2D eigenvalue weighted by molar-refractivity contribution is -0.143. The Bertz CT molecular complexity index is 361. The topological polar surface area (TPSA) is 56.3 Å². The molecule has 0 aliphatic heterocycles. The zero-order chi connectivity index (χ0) is 11.3. The Morgan fingerprint density at radius 2 is 2.20 bits per heavy atom. The van der Waals surface area contributed by atoms with Gasteiger partial charge in [-0.05, 0) is 12.1 Å². The molecule has 0 aromatic carbocycles. The van der Waals surface area contributed by atoms with E-state index in [0.717, 1.165) is 0 Å². The Labute approximate surface area is 92.2 Å². The molecule has 0 bridgehead atoms. The van der Waals surface area contributed by atoms with E-state index in [-0.39, 0.29) is 18.6 Å². The Kier molecular flexibility index (Phi) is 4.24. The lowest BCUT2D eigenvalue weighted by atomic mass is 10.1. The van der Waals surface area contributed by atoms with Gasteiger partial charge in [-0.15, -0.1) is 0 Å². The zero-order valence-electron chi connectivity index (χ0n) is 8.20. The number of ether oxygens (including phenoxy) is 1. The second-order valence-electron chi connectivity index (χ2n) is 2.94. The van der Waals surface area contributed by atoms with Gasteiger partial charge in [0.2, 0.25) is 0 Å². The van der Waals surface area contributed by atoms with Gasteiger partial charge in [-0.3, -0.25) is 14.6 Å². The van der Waals surface area contributed by atoms with Gasteiger partial charge in [-0.2, -0.15) is 0 Å². The molecule has 0 unspecified atom stereocenters. The molecule has 0 amide bonds. The first-order valence-electron chi connectivity index (χ1n) is 4.30. The molecule has 0 radical (unpaired) electrons. The smallest absolute Gasteiger partial charge is 0.313 e. The third kappa shape index (κ3) is 4.08. The van der Waals surface area contributed by atoms with Crippen molar-refractivity contribution < 1.29 is 14.3 Å². The molecule has 0 fully saturated rings. The molecular formula is C10H10ClNO3. The van der Waals surface area contributed by atoms with Crippen LogP contribution in [0.15, 0.2) is 18.3 Å². The molecule has 0 atom stereocenters. The Morgan fingerprint density at radius 3 is 2.73 bits per heavy atom. The minimum Gasteiger partial charge on any atom is -0.469 e. The average molecular weight is 228 g/mol. The highest BCUT2D eigenvalue weighted by Crippen LogP contribution is 2.07. The summed E-state index contributed by atoms with van der Waals surface area (Å²) in [6, 6.07) is 3.30. The van der Waals surface area contributed by atoms with Gasteiger partial charge in [-0.25, -0.2) is 0 Å². The molecule has 15 heavy (non-hydrogen) atoms. The number of hydrogen-bond acceptors (Lipinski definition) is 4. The van der Waals surface area contributed by atoms with Crippen LogP contribution in [0.2, 0.25) is 5.02 Å². The lowest BCUT2D eigenvalue weighted by Crippen LogP contribution is -2.12. The van der Waals surface area contributed by atoms with Crippen molar-refractivity contribution in [1.29, 1.82) is 0 Å². The summed E-state index contributed by atoms with van der Waals surface area (Å²) in [6.45, 7) is 0. The van der Waals surface area contributed by atoms with E-state index in [9.17, 15) is 9.59 Å². The number of Topliss-reactive ketones (excluding diaryl/α,β-unsaturated/α-hetero) is 1. The fourth-order valence-electron chi connectivity index (χ4n) is 1.01. The van der Waals surface area contributed by atoms with E-state index in [1.54, 1.807) is 12.1 Å². The van der Waals surface area contributed by atoms with Gasteiger partial charge in [0.05, 0.1) is 12.1 Å². The summed E-state index contributed by atoms with van der Waals surface area (Å²) in [5.74, 6) is -0.759. The van der Waals surface area contributed by atoms with Crippen molar-refractivity contribution in [2.75, 3.05) is 7.11 Å². The number of esters is 1. The molecule has 0 aliphatic rings. The maximum atomic E-state index is 11.3. The van der Waals surface area contributed by atoms with E-state index in [1.165, 1.54) is 13.3 Å². The van der Waals surface area contributed by atoms with Crippen molar-refractivity contribution in [3.8, 4) is 0 Å². The van der Waals surface area contributed by atoms with Crippen molar-refractivity contribution >= 4 is 23.4 Å². The largest absolute Gasteiger partial charge is 0.469 e. The van der Waals surface area contributed by atoms with Crippen LogP contribution < -0.4 is 0 Å². The molecule has 1 aromatic heterocycles. The van der Waals surface area contributed by atoms with Crippen molar-refractivity contribution in [2.45, 2.75) is 12.8 Å². The monoisotopic (exact) mass is 227 g/mol. The molecule has 1 heterocycles. The summed E-state index contributed by atoms with van der Waals surface area (Å²) < 4.78 is 4.38. The van der Waals surface area contributed by atoms with E-state index in [2.05, 4.69) is 9.72 Å². The van der Waals surface area contributed by atoms with Gasteiger partial charge in [-0.1, -0.05) is 11.6 Å². The summed E-state index contributed by atoms with van der Waals surface area (Å²) in [6.07, 6.45) is 1.36. The third-order valence-electron chi connectivity index (χ3n) is 1.74. The van der Waals surface area contributed by atoms with Crippen molar-refractivity contribution in [3.63, 3.8) is 0 Å². The summed E-state index contributed by atoms with van der Waals surface area (Å²) >= 11 is 5.63. The van der Waals surface area contributed by atoms with Crippen LogP contribution >= 0.6 is 11.6 Å². The number of aromatic nitrogens is 1. The highest BCUT2D eigenvalue weighted by molar-refractivity contribution is 6.30. The number of methoxy groups -OCH3 is 1. The maximum absolute atomic E-state index is 11.3. The molecule has 0 N–H and O–H groups in total. The molecule has 1 aromatic rings. The molecule has 4 nitrogen and oxygen atoms in total. The second kappa shape index (κ2) is 5.46. The maximum Gasteiger partial charge on any atom is 0.313 e. The number of ketones is 1. The van der Waals surface area contributed by atoms with Crippen molar-refractivity contribution in [3.05, 3.63) is 29.0 Å². The highest BCUT2D eigenvalue weighted by Gasteiger charge is 2.10. The van der Waals surface area contributed by atoms with Gasteiger partial charge in [0, 0.05) is 18.3 Å². The number of halogens is 1. The zero-order valence-corrected chi connectivity index (χ0v) is 8.95. The number of nitrogens with zero attached hydrogens (tertiary/aromatic N) is 1. The second-order valence-corrected chi connectivity index (χ2v) is 3.37. The van der Waals surface area contributed by atoms with Gasteiger partial charge in [0.15, 0.2) is 0 Å². The molecule has 0 aliphatic carbocycles. The van der Waals surface area contributed by atoms with Crippen molar-refractivity contribution in [2.24, 2.45) is 0 Å². The van der Waals surface area contributed by atoms with Crippen LogP contribution in [0.25, 0.3) is 0 Å². The number of rotatable bonds is 4. The molecular weight excluding hydrogens is 218 g/mol. The van der Waals surface area contributed by atoms with E-state index in [4.69, 9.17) is 11.6 Å². The number of hydrogen-bond donors (Lipinski definition) is 0. The van der Waals surface area contributed by atoms with Crippen LogP contribution in [0.5, 0.6) is 0 Å². The van der Waals surface area contributed by atoms with Gasteiger partial charge in [0.1, 0.15) is 12.2 Å². The van der Waals surface area contributed by atoms with Crippen LogP contribution in [0, 0.1) is 0 Å². The van der Waals surface area contributed by atoms with Crippen LogP contribution in [0.4, 0.5) is 0 Å². The third-order valence-corrected chi connectivity index (χ3v) is 1.96. The van der Waals surface area contributed by atoms with Crippen LogP contribution in [0.1, 0.15) is 12.1 Å². The minimum atomic E-state index is -0.533. The molecule has 0 spiro atoms. The molecule has 80 valence electrons. The molecule has 0 saturated carbocycles. The Balaban J connectivity index is 2.51. The van der Waals surface area contributed by atoms with Crippen LogP contribution in [0.3, 0.4) is 0 Å². The first kappa shape index (κ1) is 11.7. The van der Waals surface area contributed by atoms with Crippen molar-refractivity contribution in [1.82, 2.24) is 4.98 Å². The van der Waals surface area contributed by atoms with E-state index in [0.29, 0.717) is 10.7 Å². The van der Waals surface area contributed by atoms with Gasteiger partial charge in [0.25, 0.3) is 0 Å². The van der Waals surface area contributed by atoms with Crippen LogP contribution in [-0.2, 0) is 20.7 Å². The SMILES string of the molecule is COC(=O)CC(=O)Cc1ccc(Cl)cn1. The summed E-state index contributed by atoms with van der Waals surface area (Å²) in [7, 11) is 1.25. The number of carbonyl (C=O) groups excluding carboxylic acids is 2. The van der Waals surface area contributed by atoms with Gasteiger partial charge < -0.3 is 4.74 Å². The number of pyridine rings is 1. The van der Waals surface area contributed by atoms with E-state index in [1.807, 2.05) is 0 Å². The Morgan fingerprint density at radius 1 is 1.47 bits per heavy atom. The van der Waals surface area contributed by atoms with Gasteiger partial charge >= 0.3 is 5.97 Å².